The molecule has 1 aromatic carbocycles. The lowest BCUT2D eigenvalue weighted by Crippen LogP contribution is -2.19. The Morgan fingerprint density at radius 2 is 2.09 bits per heavy atom. The Balaban J connectivity index is 1.80. The maximum absolute atomic E-state index is 10.7. The van der Waals surface area contributed by atoms with Crippen molar-refractivity contribution >= 4 is 5.91 Å². The summed E-state index contributed by atoms with van der Waals surface area (Å²) in [5.74, 6) is 0.896. The molecule has 2 aromatic heterocycles. The smallest absolute Gasteiger partial charge is 0.261 e. The molecule has 2 heterocycles. The molecule has 0 fully saturated rings. The monoisotopic (exact) mass is 313 g/mol. The molecule has 0 spiro atoms. The van der Waals surface area contributed by atoms with Crippen molar-refractivity contribution in [3.63, 3.8) is 0 Å². The Hall–Kier alpha value is -3.16. The van der Waals surface area contributed by atoms with Crippen LogP contribution >= 0.6 is 0 Å². The number of carbonyl (C=O) groups is 1. The topological polar surface area (TPSA) is 109 Å². The molecule has 8 nitrogen and oxygen atoms in total. The van der Waals surface area contributed by atoms with Gasteiger partial charge in [-0.3, -0.25) is 9.48 Å². The number of aryl methyl sites for hydroxylation is 2. The SMILES string of the molecule is Cc1nn(C)cc1-c1nc(-c2ccc(OCC(N)=O)cc2)no1. The molecule has 0 unspecified atom stereocenters. The fourth-order valence-corrected chi connectivity index (χ4v) is 2.11. The summed E-state index contributed by atoms with van der Waals surface area (Å²) in [5.41, 5.74) is 7.42. The molecule has 23 heavy (non-hydrogen) atoms. The molecule has 0 saturated heterocycles. The van der Waals surface area contributed by atoms with Gasteiger partial charge < -0.3 is 15.0 Å². The Labute approximate surface area is 131 Å². The number of nitrogens with zero attached hydrogens (tertiary/aromatic N) is 4. The lowest BCUT2D eigenvalue weighted by molar-refractivity contribution is -0.119. The van der Waals surface area contributed by atoms with Crippen LogP contribution in [0.25, 0.3) is 22.8 Å². The largest absolute Gasteiger partial charge is 0.484 e. The highest BCUT2D eigenvalue weighted by Crippen LogP contribution is 2.25. The van der Waals surface area contributed by atoms with Crippen molar-refractivity contribution in [3.05, 3.63) is 36.2 Å². The third-order valence-corrected chi connectivity index (χ3v) is 3.16. The van der Waals surface area contributed by atoms with E-state index in [1.165, 1.54) is 0 Å². The van der Waals surface area contributed by atoms with Gasteiger partial charge in [0.25, 0.3) is 11.8 Å². The maximum atomic E-state index is 10.7. The van der Waals surface area contributed by atoms with Gasteiger partial charge in [-0.05, 0) is 31.2 Å². The van der Waals surface area contributed by atoms with Gasteiger partial charge in [-0.2, -0.15) is 10.1 Å². The Bertz CT molecular complexity index is 835. The van der Waals surface area contributed by atoms with Gasteiger partial charge in [0.2, 0.25) is 5.82 Å². The number of benzene rings is 1. The summed E-state index contributed by atoms with van der Waals surface area (Å²) in [7, 11) is 1.83. The molecular weight excluding hydrogens is 298 g/mol. The van der Waals surface area contributed by atoms with Crippen molar-refractivity contribution in [1.29, 1.82) is 0 Å². The highest BCUT2D eigenvalue weighted by atomic mass is 16.5. The van der Waals surface area contributed by atoms with E-state index < -0.39 is 5.91 Å². The molecule has 0 atom stereocenters. The van der Waals surface area contributed by atoms with E-state index in [0.29, 0.717) is 17.5 Å². The number of rotatable bonds is 5. The van der Waals surface area contributed by atoms with Crippen LogP contribution in [0.1, 0.15) is 5.69 Å². The zero-order valence-electron chi connectivity index (χ0n) is 12.7. The second-order valence-electron chi connectivity index (χ2n) is 5.00. The first-order chi connectivity index (χ1) is 11.0. The molecule has 0 saturated carbocycles. The number of primary amides is 1. The first-order valence-corrected chi connectivity index (χ1v) is 6.89. The number of hydrogen-bond acceptors (Lipinski definition) is 6. The highest BCUT2D eigenvalue weighted by molar-refractivity contribution is 5.75. The summed E-state index contributed by atoms with van der Waals surface area (Å²) in [6, 6.07) is 6.98. The third kappa shape index (κ3) is 3.20. The number of nitrogens with two attached hydrogens (primary N) is 1. The van der Waals surface area contributed by atoms with Crippen molar-refractivity contribution in [3.8, 4) is 28.6 Å². The molecule has 2 N–H and O–H groups in total. The summed E-state index contributed by atoms with van der Waals surface area (Å²) in [4.78, 5) is 15.1. The van der Waals surface area contributed by atoms with Gasteiger partial charge in [0, 0.05) is 18.8 Å². The average Bonchev–Trinajstić information content (AvgIpc) is 3.12. The summed E-state index contributed by atoms with van der Waals surface area (Å²) >= 11 is 0. The van der Waals surface area contributed by atoms with Crippen LogP contribution < -0.4 is 10.5 Å². The van der Waals surface area contributed by atoms with E-state index >= 15 is 0 Å². The van der Waals surface area contributed by atoms with Gasteiger partial charge >= 0.3 is 0 Å². The van der Waals surface area contributed by atoms with Crippen molar-refractivity contribution in [2.24, 2.45) is 12.8 Å². The Kier molecular flexibility index (Phi) is 3.80. The lowest BCUT2D eigenvalue weighted by Gasteiger charge is -2.03. The maximum Gasteiger partial charge on any atom is 0.261 e. The van der Waals surface area contributed by atoms with Crippen LogP contribution in [-0.4, -0.2) is 32.4 Å². The van der Waals surface area contributed by atoms with E-state index in [9.17, 15) is 4.79 Å². The molecule has 0 aliphatic heterocycles. The molecule has 118 valence electrons. The summed E-state index contributed by atoms with van der Waals surface area (Å²) < 4.78 is 12.2. The fourth-order valence-electron chi connectivity index (χ4n) is 2.11. The van der Waals surface area contributed by atoms with Gasteiger partial charge in [0.15, 0.2) is 6.61 Å². The van der Waals surface area contributed by atoms with Gasteiger partial charge in [-0.15, -0.1) is 0 Å². The second-order valence-corrected chi connectivity index (χ2v) is 5.00. The fraction of sp³-hybridized carbons (Fsp3) is 0.200. The predicted octanol–water partition coefficient (Wildman–Crippen LogP) is 1.31. The first-order valence-electron chi connectivity index (χ1n) is 6.89. The number of ether oxygens (including phenoxy) is 1. The molecular formula is C15H15N5O3. The van der Waals surface area contributed by atoms with E-state index in [1.54, 1.807) is 28.9 Å². The van der Waals surface area contributed by atoms with Crippen LogP contribution in [0.15, 0.2) is 35.0 Å². The zero-order valence-corrected chi connectivity index (χ0v) is 12.7. The number of aromatic nitrogens is 4. The van der Waals surface area contributed by atoms with Crippen LogP contribution in [0.4, 0.5) is 0 Å². The van der Waals surface area contributed by atoms with Gasteiger partial charge in [-0.25, -0.2) is 0 Å². The number of amides is 1. The van der Waals surface area contributed by atoms with Gasteiger partial charge in [0.1, 0.15) is 5.75 Å². The van der Waals surface area contributed by atoms with Crippen molar-refractivity contribution in [1.82, 2.24) is 19.9 Å². The minimum Gasteiger partial charge on any atom is -0.484 e. The minimum atomic E-state index is -0.524. The lowest BCUT2D eigenvalue weighted by atomic mass is 10.2. The van der Waals surface area contributed by atoms with Crippen molar-refractivity contribution < 1.29 is 14.1 Å². The summed E-state index contributed by atoms with van der Waals surface area (Å²) in [5, 5.41) is 8.23. The van der Waals surface area contributed by atoms with Gasteiger partial charge in [0.05, 0.1) is 11.3 Å². The van der Waals surface area contributed by atoms with E-state index in [-0.39, 0.29) is 6.61 Å². The predicted molar refractivity (Wildman–Crippen MR) is 81.4 cm³/mol. The molecule has 3 aromatic rings. The highest BCUT2D eigenvalue weighted by Gasteiger charge is 2.15. The molecule has 8 heteroatoms. The first kappa shape index (κ1) is 14.8. The molecule has 1 amide bonds. The van der Waals surface area contributed by atoms with Crippen LogP contribution in [0.2, 0.25) is 0 Å². The van der Waals surface area contributed by atoms with E-state index in [1.807, 2.05) is 20.2 Å². The Morgan fingerprint density at radius 1 is 1.35 bits per heavy atom. The second kappa shape index (κ2) is 5.91. The van der Waals surface area contributed by atoms with E-state index in [0.717, 1.165) is 16.8 Å². The number of carbonyl (C=O) groups excluding carboxylic acids is 1. The normalized spacial score (nSPS) is 10.7. The van der Waals surface area contributed by atoms with E-state index in [2.05, 4.69) is 15.2 Å². The zero-order chi connectivity index (χ0) is 16.4. The van der Waals surface area contributed by atoms with Crippen LogP contribution in [0, 0.1) is 6.92 Å². The Morgan fingerprint density at radius 3 is 2.70 bits per heavy atom. The van der Waals surface area contributed by atoms with Crippen molar-refractivity contribution in [2.45, 2.75) is 6.92 Å². The standard InChI is InChI=1S/C15H15N5O3/c1-9-12(7-20(2)18-9)15-17-14(19-23-15)10-3-5-11(6-4-10)22-8-13(16)21/h3-7H,8H2,1-2H3,(H2,16,21). The molecule has 0 radical (unpaired) electrons. The summed E-state index contributed by atoms with van der Waals surface area (Å²) in [6.45, 7) is 1.72. The number of hydrogen-bond donors (Lipinski definition) is 1. The van der Waals surface area contributed by atoms with Gasteiger partial charge in [-0.1, -0.05) is 5.16 Å². The third-order valence-electron chi connectivity index (χ3n) is 3.16. The van der Waals surface area contributed by atoms with E-state index in [4.69, 9.17) is 15.0 Å². The van der Waals surface area contributed by atoms with Crippen molar-refractivity contribution in [2.75, 3.05) is 6.61 Å². The summed E-state index contributed by atoms with van der Waals surface area (Å²) in [6.07, 6.45) is 1.83. The molecule has 0 aliphatic carbocycles. The molecule has 3 rings (SSSR count). The quantitative estimate of drug-likeness (QED) is 0.760. The minimum absolute atomic E-state index is 0.161. The van der Waals surface area contributed by atoms with Crippen LogP contribution in [0.5, 0.6) is 5.75 Å². The van der Waals surface area contributed by atoms with Crippen LogP contribution in [0.3, 0.4) is 0 Å². The van der Waals surface area contributed by atoms with Crippen LogP contribution in [-0.2, 0) is 11.8 Å². The molecule has 0 aliphatic rings. The molecule has 0 bridgehead atoms. The average molecular weight is 313 g/mol.